The summed E-state index contributed by atoms with van der Waals surface area (Å²) in [4.78, 5) is 20.6. The van der Waals surface area contributed by atoms with Gasteiger partial charge in [0.15, 0.2) is 0 Å². The van der Waals surface area contributed by atoms with Crippen molar-refractivity contribution in [2.24, 2.45) is 0 Å². The van der Waals surface area contributed by atoms with E-state index < -0.39 is 73.2 Å². The number of aryl methyl sites for hydroxylation is 1. The van der Waals surface area contributed by atoms with Gasteiger partial charge in [-0.3, -0.25) is 4.79 Å². The number of aromatic nitrogens is 2. The van der Waals surface area contributed by atoms with Crippen LogP contribution in [0.3, 0.4) is 0 Å². The van der Waals surface area contributed by atoms with E-state index in [-0.39, 0.29) is 16.3 Å². The minimum atomic E-state index is -3.88. The van der Waals surface area contributed by atoms with Gasteiger partial charge in [0.1, 0.15) is 17.3 Å². The Morgan fingerprint density at radius 2 is 2.18 bits per heavy atom. The van der Waals surface area contributed by atoms with Crippen LogP contribution in [0.25, 0.3) is 0 Å². The van der Waals surface area contributed by atoms with E-state index in [1.165, 1.54) is 6.92 Å². The third-order valence-electron chi connectivity index (χ3n) is 3.74. The quantitative estimate of drug-likeness (QED) is 0.779. The molecule has 2 heterocycles. The first-order valence-corrected chi connectivity index (χ1v) is 8.51. The van der Waals surface area contributed by atoms with Gasteiger partial charge in [-0.15, -0.1) is 0 Å². The van der Waals surface area contributed by atoms with Crippen molar-refractivity contribution in [2.75, 3.05) is 19.5 Å². The number of likely N-dealkylation sites (tertiary alicyclic amines) is 1. The van der Waals surface area contributed by atoms with Crippen LogP contribution in [0.2, 0.25) is 5.02 Å². The minimum Gasteiger partial charge on any atom is -0.338 e. The van der Waals surface area contributed by atoms with Gasteiger partial charge in [-0.1, -0.05) is 18.5 Å². The predicted octanol–water partition coefficient (Wildman–Crippen LogP) is 3.57. The maximum absolute atomic E-state index is 16.4. The molecule has 0 saturated carbocycles. The molecule has 1 aliphatic heterocycles. The first-order valence-electron chi connectivity index (χ1n) is 13.1. The van der Waals surface area contributed by atoms with Crippen molar-refractivity contribution >= 4 is 17.5 Å². The Morgan fingerprint density at radius 1 is 1.43 bits per heavy atom. The fraction of sp³-hybridized carbons (Fsp3) is 0.450. The Labute approximate surface area is 182 Å². The number of hydrogen-bond donors (Lipinski definition) is 1. The normalized spacial score (nSPS) is 31.4. The molecule has 1 aliphatic rings. The highest BCUT2D eigenvalue weighted by Gasteiger charge is 2.36. The highest BCUT2D eigenvalue weighted by molar-refractivity contribution is 6.31. The first-order chi connectivity index (χ1) is 17.1. The molecule has 150 valence electrons. The van der Waals surface area contributed by atoms with Crippen molar-refractivity contribution in [3.05, 3.63) is 58.4 Å². The summed E-state index contributed by atoms with van der Waals surface area (Å²) in [6.07, 6.45) is -4.95. The topological polar surface area (TPSA) is 58.1 Å². The molecule has 1 unspecified atom stereocenters. The third-order valence-corrected chi connectivity index (χ3v) is 4.03. The van der Waals surface area contributed by atoms with Gasteiger partial charge in [-0.25, -0.2) is 18.7 Å². The van der Waals surface area contributed by atoms with Crippen molar-refractivity contribution in [1.82, 2.24) is 20.2 Å². The Balaban J connectivity index is 1.95. The Morgan fingerprint density at radius 3 is 2.86 bits per heavy atom. The lowest BCUT2D eigenvalue weighted by atomic mass is 9.92. The van der Waals surface area contributed by atoms with Crippen molar-refractivity contribution in [2.45, 2.75) is 38.3 Å². The molecule has 0 radical (unpaired) electrons. The van der Waals surface area contributed by atoms with Crippen molar-refractivity contribution < 1.29 is 27.3 Å². The molecule has 0 bridgehead atoms. The summed E-state index contributed by atoms with van der Waals surface area (Å²) in [6.45, 7) is -9.78. The Kier molecular flexibility index (Phi) is 3.56. The summed E-state index contributed by atoms with van der Waals surface area (Å²) in [5.74, 6) is -2.50. The zero-order chi connectivity index (χ0) is 29.1. The zero-order valence-electron chi connectivity index (χ0n) is 24.7. The fourth-order valence-electron chi connectivity index (χ4n) is 2.21. The van der Waals surface area contributed by atoms with Gasteiger partial charge in [0.05, 0.1) is 11.6 Å². The molecule has 1 N–H and O–H groups in total. The summed E-state index contributed by atoms with van der Waals surface area (Å²) < 4.78 is 111. The summed E-state index contributed by atoms with van der Waals surface area (Å²) >= 11 is 5.66. The molecular weight excluding hydrogens is 386 g/mol. The van der Waals surface area contributed by atoms with Crippen LogP contribution in [-0.2, 0) is 12.9 Å². The number of benzene rings is 1. The summed E-state index contributed by atoms with van der Waals surface area (Å²) in [7, 11) is 0. The van der Waals surface area contributed by atoms with E-state index in [1.54, 1.807) is 0 Å². The molecule has 5 nitrogen and oxygen atoms in total. The highest BCUT2D eigenvalue weighted by Crippen LogP contribution is 2.27. The summed E-state index contributed by atoms with van der Waals surface area (Å²) in [5, 5.41) is 1.53. The monoisotopic (exact) mass is 418 g/mol. The van der Waals surface area contributed by atoms with E-state index in [1.807, 2.05) is 0 Å². The van der Waals surface area contributed by atoms with Crippen LogP contribution in [0.5, 0.6) is 0 Å². The largest absolute Gasteiger partial charge is 0.338 e. The number of piperidine rings is 1. The maximum Gasteiger partial charge on any atom is 0.253 e. The van der Waals surface area contributed by atoms with Crippen LogP contribution >= 0.6 is 11.6 Å². The van der Waals surface area contributed by atoms with Crippen molar-refractivity contribution in [3.63, 3.8) is 0 Å². The van der Waals surface area contributed by atoms with Gasteiger partial charge in [-0.2, -0.15) is 0 Å². The molecule has 1 fully saturated rings. The van der Waals surface area contributed by atoms with Crippen LogP contribution in [0.4, 0.5) is 8.78 Å². The van der Waals surface area contributed by atoms with Crippen molar-refractivity contribution in [1.29, 1.82) is 0 Å². The summed E-state index contributed by atoms with van der Waals surface area (Å²) in [5.41, 5.74) is -4.27. The van der Waals surface area contributed by atoms with Crippen LogP contribution in [0.15, 0.2) is 30.6 Å². The molecule has 2 aromatic rings. The molecule has 1 aromatic carbocycles. The molecule has 1 atom stereocenters. The van der Waals surface area contributed by atoms with Crippen molar-refractivity contribution in [3.8, 4) is 0 Å². The number of alkyl halides is 1. The Bertz CT molecular complexity index is 1230. The SMILES string of the molecule is [2H]C([2H])(C)c1cnc(CNC([2H])([2H])C2(F)CC([2H])([2H])N(C(=O)c3ccc(F)c(Cl)c3)C([2H])([2H])C2([2H])[2H])nc1. The Hall–Kier alpha value is -2.12. The number of amides is 1. The summed E-state index contributed by atoms with van der Waals surface area (Å²) in [6, 6.07) is 2.43. The number of hydrogen-bond acceptors (Lipinski definition) is 4. The molecule has 28 heavy (non-hydrogen) atoms. The van der Waals surface area contributed by atoms with Crippen LogP contribution in [0, 0.1) is 5.82 Å². The van der Waals surface area contributed by atoms with Crippen LogP contribution in [-0.4, -0.2) is 45.9 Å². The number of carbonyl (C=O) groups is 1. The molecule has 1 aromatic heterocycles. The second-order valence-electron chi connectivity index (χ2n) is 5.76. The number of rotatable bonds is 6. The predicted molar refractivity (Wildman–Crippen MR) is 104 cm³/mol. The molecule has 1 amide bonds. The van der Waals surface area contributed by atoms with E-state index in [9.17, 15) is 9.18 Å². The van der Waals surface area contributed by atoms with Gasteiger partial charge < -0.3 is 10.2 Å². The van der Waals surface area contributed by atoms with Crippen LogP contribution < -0.4 is 5.32 Å². The first kappa shape index (κ1) is 11.2. The standard InChI is InChI=1S/C20H23ClF2N4O/c1-2-14-10-25-18(26-11-14)12-24-13-20(23)5-7-27(8-6-20)19(28)15-3-4-17(22)16(21)9-15/h3-4,9-11,24H,2,5-8,12-13H2,1H3/i2D2,5D2,7D2,8D2,13D2. The van der Waals surface area contributed by atoms with Gasteiger partial charge in [0.2, 0.25) is 0 Å². The lowest BCUT2D eigenvalue weighted by molar-refractivity contribution is 0.0434. The van der Waals surface area contributed by atoms with E-state index in [2.05, 4.69) is 15.3 Å². The number of halogens is 3. The molecule has 1 saturated heterocycles. The van der Waals surface area contributed by atoms with Crippen LogP contribution in [0.1, 0.15) is 55.2 Å². The lowest BCUT2D eigenvalue weighted by Gasteiger charge is -2.36. The van der Waals surface area contributed by atoms with Gasteiger partial charge in [0, 0.05) is 63.9 Å². The fourth-order valence-corrected chi connectivity index (χ4v) is 2.39. The zero-order valence-corrected chi connectivity index (χ0v) is 15.4. The molecule has 0 aliphatic carbocycles. The molecule has 0 spiro atoms. The van der Waals surface area contributed by atoms with E-state index in [0.29, 0.717) is 0 Å². The second-order valence-corrected chi connectivity index (χ2v) is 6.17. The highest BCUT2D eigenvalue weighted by atomic mass is 35.5. The van der Waals surface area contributed by atoms with E-state index in [0.717, 1.165) is 30.6 Å². The second kappa shape index (κ2) is 8.92. The van der Waals surface area contributed by atoms with Gasteiger partial charge >= 0.3 is 0 Å². The number of nitrogens with one attached hydrogen (secondary N) is 1. The van der Waals surface area contributed by atoms with E-state index >= 15 is 4.39 Å². The average Bonchev–Trinajstić information content (AvgIpc) is 2.77. The molecular formula is C20H23ClF2N4O. The lowest BCUT2D eigenvalue weighted by Crippen LogP contribution is -2.48. The number of carbonyl (C=O) groups excluding carboxylic acids is 1. The average molecular weight is 419 g/mol. The minimum absolute atomic E-state index is 0.114. The number of nitrogens with zero attached hydrogens (tertiary/aromatic N) is 3. The molecule has 8 heteroatoms. The van der Waals surface area contributed by atoms with Gasteiger partial charge in [-0.05, 0) is 30.1 Å². The molecule has 3 rings (SSSR count). The maximum atomic E-state index is 16.4. The van der Waals surface area contributed by atoms with Gasteiger partial charge in [0.25, 0.3) is 5.91 Å². The third kappa shape index (κ3) is 5.02. The smallest absolute Gasteiger partial charge is 0.253 e. The van der Waals surface area contributed by atoms with E-state index in [4.69, 9.17) is 25.3 Å².